The predicted octanol–water partition coefficient (Wildman–Crippen LogP) is 2.37. The molecule has 0 bridgehead atoms. The second kappa shape index (κ2) is 5.77. The van der Waals surface area contributed by atoms with Crippen LogP contribution in [-0.4, -0.2) is 24.0 Å². The number of aromatic carboxylic acids is 1. The summed E-state index contributed by atoms with van der Waals surface area (Å²) in [5.74, 6) is 0.286. The zero-order valence-electron chi connectivity index (χ0n) is 11.8. The minimum absolute atomic E-state index is 0.204. The second-order valence-corrected chi connectivity index (χ2v) is 4.73. The maximum absolute atomic E-state index is 11.0. The van der Waals surface area contributed by atoms with Crippen LogP contribution < -0.4 is 10.1 Å². The zero-order chi connectivity index (χ0) is 15.5. The lowest BCUT2D eigenvalue weighted by Crippen LogP contribution is -2.23. The number of ether oxygens (including phenoxy) is 1. The maximum Gasteiger partial charge on any atom is 0.335 e. The molecule has 0 spiro atoms. The van der Waals surface area contributed by atoms with Gasteiger partial charge in [0.2, 0.25) is 6.23 Å². The van der Waals surface area contributed by atoms with Gasteiger partial charge >= 0.3 is 5.97 Å². The van der Waals surface area contributed by atoms with Crippen LogP contribution in [-0.2, 0) is 4.84 Å². The summed E-state index contributed by atoms with van der Waals surface area (Å²) in [5, 5.41) is 16.1. The normalized spacial score (nSPS) is 16.4. The third-order valence-corrected chi connectivity index (χ3v) is 3.32. The number of nitrogens with one attached hydrogen (secondary N) is 1. The molecule has 112 valence electrons. The first-order valence-corrected chi connectivity index (χ1v) is 6.65. The summed E-state index contributed by atoms with van der Waals surface area (Å²) >= 11 is 0. The van der Waals surface area contributed by atoms with Gasteiger partial charge in [0.1, 0.15) is 5.75 Å². The van der Waals surface area contributed by atoms with E-state index in [1.165, 1.54) is 6.07 Å². The third kappa shape index (κ3) is 2.71. The van der Waals surface area contributed by atoms with E-state index in [-0.39, 0.29) is 5.56 Å². The highest BCUT2D eigenvalue weighted by atomic mass is 16.7. The summed E-state index contributed by atoms with van der Waals surface area (Å²) in [7, 11) is 1.61. The van der Waals surface area contributed by atoms with Gasteiger partial charge in [-0.15, -0.1) is 0 Å². The quantitative estimate of drug-likeness (QED) is 0.906. The first kappa shape index (κ1) is 13.9. The van der Waals surface area contributed by atoms with Crippen molar-refractivity contribution < 1.29 is 19.5 Å². The van der Waals surface area contributed by atoms with Gasteiger partial charge in [-0.2, -0.15) is 0 Å². The van der Waals surface area contributed by atoms with Crippen LogP contribution in [0.5, 0.6) is 5.75 Å². The van der Waals surface area contributed by atoms with E-state index in [1.54, 1.807) is 25.3 Å². The van der Waals surface area contributed by atoms with Crippen LogP contribution in [0.4, 0.5) is 0 Å². The molecule has 0 saturated carbocycles. The van der Waals surface area contributed by atoms with Gasteiger partial charge in [0.15, 0.2) is 5.84 Å². The minimum atomic E-state index is -0.979. The van der Waals surface area contributed by atoms with E-state index in [0.29, 0.717) is 11.4 Å². The Labute approximate surface area is 127 Å². The van der Waals surface area contributed by atoms with E-state index in [2.05, 4.69) is 10.5 Å². The number of oxime groups is 1. The van der Waals surface area contributed by atoms with E-state index in [0.717, 1.165) is 11.3 Å². The molecular formula is C16H14N2O4. The average Bonchev–Trinajstić information content (AvgIpc) is 3.05. The molecule has 0 amide bonds. The molecule has 0 fully saturated rings. The summed E-state index contributed by atoms with van der Waals surface area (Å²) in [5.41, 5.74) is 1.76. The molecule has 2 aromatic carbocycles. The molecule has 2 N–H and O–H groups in total. The van der Waals surface area contributed by atoms with Gasteiger partial charge in [-0.3, -0.25) is 0 Å². The Morgan fingerprint density at radius 1 is 1.27 bits per heavy atom. The van der Waals surface area contributed by atoms with E-state index in [9.17, 15) is 4.79 Å². The van der Waals surface area contributed by atoms with Gasteiger partial charge < -0.3 is 20.0 Å². The minimum Gasteiger partial charge on any atom is -0.497 e. The monoisotopic (exact) mass is 298 g/mol. The van der Waals surface area contributed by atoms with E-state index >= 15 is 0 Å². The molecule has 6 heteroatoms. The number of hydrogen-bond donors (Lipinski definition) is 2. The largest absolute Gasteiger partial charge is 0.497 e. The lowest BCUT2D eigenvalue weighted by Gasteiger charge is -2.11. The number of hydrogen-bond acceptors (Lipinski definition) is 5. The predicted molar refractivity (Wildman–Crippen MR) is 79.9 cm³/mol. The van der Waals surface area contributed by atoms with Gasteiger partial charge in [-0.1, -0.05) is 17.3 Å². The van der Waals surface area contributed by atoms with Crippen LogP contribution in [0.3, 0.4) is 0 Å². The number of methoxy groups -OCH3 is 1. The lowest BCUT2D eigenvalue weighted by atomic mass is 10.1. The fraction of sp³-hybridized carbons (Fsp3) is 0.125. The standard InChI is InChI=1S/C16H14N2O4/c1-21-13-7-5-10(6-8-13)15-17-14(18-22-15)11-3-2-4-12(9-11)16(19)20/h2-9,15H,1H3,(H,17,18)(H,19,20). The van der Waals surface area contributed by atoms with Crippen molar-refractivity contribution in [2.75, 3.05) is 7.11 Å². The van der Waals surface area contributed by atoms with Crippen molar-refractivity contribution in [3.63, 3.8) is 0 Å². The molecule has 0 aromatic heterocycles. The van der Waals surface area contributed by atoms with Crippen LogP contribution in [0, 0.1) is 0 Å². The Kier molecular flexibility index (Phi) is 3.65. The molecule has 1 aliphatic rings. The third-order valence-electron chi connectivity index (χ3n) is 3.32. The van der Waals surface area contributed by atoms with Crippen LogP contribution in [0.25, 0.3) is 0 Å². The van der Waals surface area contributed by atoms with Gasteiger partial charge in [-0.25, -0.2) is 4.79 Å². The molecule has 1 heterocycles. The number of carbonyl (C=O) groups is 1. The molecule has 3 rings (SSSR count). The van der Waals surface area contributed by atoms with E-state index in [1.807, 2.05) is 24.3 Å². The van der Waals surface area contributed by atoms with Crippen molar-refractivity contribution >= 4 is 11.8 Å². The van der Waals surface area contributed by atoms with Crippen LogP contribution in [0.15, 0.2) is 53.7 Å². The van der Waals surface area contributed by atoms with Crippen molar-refractivity contribution in [2.24, 2.45) is 5.16 Å². The summed E-state index contributed by atoms with van der Waals surface area (Å²) in [6.07, 6.45) is -0.408. The molecule has 1 atom stereocenters. The molecule has 2 aromatic rings. The van der Waals surface area contributed by atoms with Crippen molar-refractivity contribution in [3.8, 4) is 5.75 Å². The van der Waals surface area contributed by atoms with Gasteiger partial charge in [0.05, 0.1) is 12.7 Å². The number of carboxylic acid groups (broad SMARTS) is 1. The SMILES string of the molecule is COc1ccc(C2NC(c3cccc(C(=O)O)c3)=NO2)cc1. The van der Waals surface area contributed by atoms with Crippen molar-refractivity contribution in [1.29, 1.82) is 0 Å². The molecule has 1 unspecified atom stereocenters. The summed E-state index contributed by atoms with van der Waals surface area (Å²) in [4.78, 5) is 16.4. The van der Waals surface area contributed by atoms with Crippen molar-refractivity contribution in [3.05, 3.63) is 65.2 Å². The highest BCUT2D eigenvalue weighted by molar-refractivity contribution is 6.01. The highest BCUT2D eigenvalue weighted by Crippen LogP contribution is 2.23. The molecule has 22 heavy (non-hydrogen) atoms. The Morgan fingerprint density at radius 3 is 2.73 bits per heavy atom. The Bertz CT molecular complexity index is 725. The molecule has 0 radical (unpaired) electrons. The van der Waals surface area contributed by atoms with Gasteiger partial charge in [0, 0.05) is 11.1 Å². The maximum atomic E-state index is 11.0. The number of benzene rings is 2. The van der Waals surface area contributed by atoms with Gasteiger partial charge in [-0.05, 0) is 36.4 Å². The first-order chi connectivity index (χ1) is 10.7. The number of amidine groups is 1. The summed E-state index contributed by atoms with van der Waals surface area (Å²) in [6, 6.07) is 14.0. The second-order valence-electron chi connectivity index (χ2n) is 4.73. The Morgan fingerprint density at radius 2 is 2.05 bits per heavy atom. The lowest BCUT2D eigenvalue weighted by molar-refractivity contribution is 0.0696. The molecule has 6 nitrogen and oxygen atoms in total. The highest BCUT2D eigenvalue weighted by Gasteiger charge is 2.22. The molecular weight excluding hydrogens is 284 g/mol. The number of rotatable bonds is 4. The van der Waals surface area contributed by atoms with Crippen LogP contribution in [0.2, 0.25) is 0 Å². The molecule has 0 aliphatic carbocycles. The smallest absolute Gasteiger partial charge is 0.335 e. The number of nitrogens with zero attached hydrogens (tertiary/aromatic N) is 1. The fourth-order valence-corrected chi connectivity index (χ4v) is 2.14. The van der Waals surface area contributed by atoms with E-state index < -0.39 is 12.2 Å². The topological polar surface area (TPSA) is 80.2 Å². The summed E-state index contributed by atoms with van der Waals surface area (Å²) in [6.45, 7) is 0. The Hall–Kier alpha value is -3.02. The van der Waals surface area contributed by atoms with Crippen LogP contribution >= 0.6 is 0 Å². The average molecular weight is 298 g/mol. The van der Waals surface area contributed by atoms with Crippen molar-refractivity contribution in [2.45, 2.75) is 6.23 Å². The molecule has 1 aliphatic heterocycles. The number of carboxylic acids is 1. The zero-order valence-corrected chi connectivity index (χ0v) is 11.8. The van der Waals surface area contributed by atoms with Crippen molar-refractivity contribution in [1.82, 2.24) is 5.32 Å². The summed E-state index contributed by atoms with van der Waals surface area (Å²) < 4.78 is 5.11. The van der Waals surface area contributed by atoms with Gasteiger partial charge in [0.25, 0.3) is 0 Å². The van der Waals surface area contributed by atoms with Crippen LogP contribution in [0.1, 0.15) is 27.7 Å². The first-order valence-electron chi connectivity index (χ1n) is 6.65. The molecule has 0 saturated heterocycles. The van der Waals surface area contributed by atoms with E-state index in [4.69, 9.17) is 14.7 Å². The fourth-order valence-electron chi connectivity index (χ4n) is 2.14. The Balaban J connectivity index is 1.76.